The van der Waals surface area contributed by atoms with Gasteiger partial charge in [0, 0.05) is 7.05 Å². The molecule has 1 aliphatic heterocycles. The summed E-state index contributed by atoms with van der Waals surface area (Å²) in [7, 11) is 1.47. The summed E-state index contributed by atoms with van der Waals surface area (Å²) in [5.41, 5.74) is -0.445. The van der Waals surface area contributed by atoms with Gasteiger partial charge < -0.3 is 13.8 Å². The van der Waals surface area contributed by atoms with Crippen LogP contribution in [0.2, 0.25) is 0 Å². The number of aryl methyl sites for hydroxylation is 2. The van der Waals surface area contributed by atoms with Gasteiger partial charge in [-0.05, 0) is 19.1 Å². The summed E-state index contributed by atoms with van der Waals surface area (Å²) in [5, 5.41) is 0.306. The summed E-state index contributed by atoms with van der Waals surface area (Å²) in [6.07, 6.45) is 1.26. The molecule has 2 aromatic heterocycles. The van der Waals surface area contributed by atoms with Crippen LogP contribution in [0.3, 0.4) is 0 Å². The number of nitrogens with zero attached hydrogens (tertiary/aromatic N) is 3. The van der Waals surface area contributed by atoms with Crippen LogP contribution < -0.4 is 5.56 Å². The molecule has 3 heterocycles. The number of imide groups is 1. The summed E-state index contributed by atoms with van der Waals surface area (Å²) in [6, 6.07) is 6.11. The lowest BCUT2D eigenvalue weighted by molar-refractivity contribution is -0.0584. The first-order valence-corrected chi connectivity index (χ1v) is 7.55. The summed E-state index contributed by atoms with van der Waals surface area (Å²) >= 11 is 0. The Kier molecular flexibility index (Phi) is 3.26. The van der Waals surface area contributed by atoms with Crippen LogP contribution in [-0.2, 0) is 11.9 Å². The second-order valence-corrected chi connectivity index (χ2v) is 5.70. The Morgan fingerprint density at radius 1 is 1.12 bits per heavy atom. The summed E-state index contributed by atoms with van der Waals surface area (Å²) in [4.78, 5) is 58.5. The monoisotopic (exact) mass is 353 g/mol. The van der Waals surface area contributed by atoms with Crippen LogP contribution in [0.25, 0.3) is 11.1 Å². The summed E-state index contributed by atoms with van der Waals surface area (Å²) < 4.78 is 6.50. The Bertz CT molecular complexity index is 1140. The van der Waals surface area contributed by atoms with Crippen LogP contribution in [0.5, 0.6) is 0 Å². The van der Waals surface area contributed by atoms with E-state index in [1.165, 1.54) is 37.0 Å². The van der Waals surface area contributed by atoms with E-state index in [-0.39, 0.29) is 33.6 Å². The van der Waals surface area contributed by atoms with Crippen molar-refractivity contribution in [3.8, 4) is 0 Å². The summed E-state index contributed by atoms with van der Waals surface area (Å²) in [5.74, 6) is -2.47. The molecular weight excluding hydrogens is 342 g/mol. The molecule has 0 spiro atoms. The van der Waals surface area contributed by atoms with E-state index < -0.39 is 23.3 Å². The molecule has 9 nitrogen and oxygen atoms in total. The fraction of sp³-hybridized carbons (Fsp3) is 0.118. The van der Waals surface area contributed by atoms with Gasteiger partial charge in [0.2, 0.25) is 5.71 Å². The molecule has 0 radical (unpaired) electrons. The van der Waals surface area contributed by atoms with Crippen LogP contribution in [0.4, 0.5) is 0 Å². The fourth-order valence-electron chi connectivity index (χ4n) is 2.81. The summed E-state index contributed by atoms with van der Waals surface area (Å²) in [6.45, 7) is 1.46. The molecule has 1 aromatic carbocycles. The van der Waals surface area contributed by atoms with Crippen LogP contribution in [0.1, 0.15) is 36.8 Å². The quantitative estimate of drug-likeness (QED) is 0.636. The Balaban J connectivity index is 1.75. The van der Waals surface area contributed by atoms with Gasteiger partial charge in [-0.2, -0.15) is 0 Å². The van der Waals surface area contributed by atoms with Gasteiger partial charge in [0.1, 0.15) is 23.0 Å². The second kappa shape index (κ2) is 5.38. The van der Waals surface area contributed by atoms with Crippen LogP contribution in [-0.4, -0.2) is 32.4 Å². The molecule has 0 aliphatic carbocycles. The molecule has 9 heteroatoms. The Morgan fingerprint density at radius 3 is 2.35 bits per heavy atom. The Morgan fingerprint density at radius 2 is 1.73 bits per heavy atom. The van der Waals surface area contributed by atoms with E-state index in [0.717, 1.165) is 0 Å². The number of carbonyl (C=O) groups excluding carboxylic acids is 3. The molecule has 2 amide bonds. The minimum atomic E-state index is -1.05. The molecule has 0 fully saturated rings. The zero-order valence-electron chi connectivity index (χ0n) is 13.7. The van der Waals surface area contributed by atoms with Gasteiger partial charge in [0.15, 0.2) is 0 Å². The number of benzene rings is 1. The van der Waals surface area contributed by atoms with Gasteiger partial charge in [-0.25, -0.2) is 9.78 Å². The van der Waals surface area contributed by atoms with Crippen LogP contribution in [0.15, 0.2) is 39.8 Å². The van der Waals surface area contributed by atoms with Gasteiger partial charge in [-0.15, -0.1) is 0 Å². The van der Waals surface area contributed by atoms with E-state index in [2.05, 4.69) is 4.98 Å². The Labute approximate surface area is 145 Å². The van der Waals surface area contributed by atoms with Crippen molar-refractivity contribution in [2.75, 3.05) is 0 Å². The van der Waals surface area contributed by atoms with Crippen molar-refractivity contribution in [3.05, 3.63) is 63.4 Å². The maximum absolute atomic E-state index is 12.6. The van der Waals surface area contributed by atoms with Gasteiger partial charge >= 0.3 is 5.97 Å². The second-order valence-electron chi connectivity index (χ2n) is 5.70. The van der Waals surface area contributed by atoms with E-state index in [4.69, 9.17) is 9.25 Å². The zero-order valence-corrected chi connectivity index (χ0v) is 13.7. The molecule has 0 atom stereocenters. The average Bonchev–Trinajstić information content (AvgIpc) is 3.09. The fourth-order valence-corrected chi connectivity index (χ4v) is 2.81. The number of fused-ring (bicyclic) bond motifs is 2. The Hall–Kier alpha value is -3.75. The van der Waals surface area contributed by atoms with E-state index in [0.29, 0.717) is 5.06 Å². The topological polar surface area (TPSA) is 112 Å². The average molecular weight is 353 g/mol. The number of hydrogen-bond donors (Lipinski definition) is 0. The molecular formula is C17H11N3O6. The van der Waals surface area contributed by atoms with Crippen molar-refractivity contribution in [3.63, 3.8) is 0 Å². The number of hydrogen-bond acceptors (Lipinski definition) is 7. The molecule has 130 valence electrons. The molecule has 4 rings (SSSR count). The third-order valence-corrected chi connectivity index (χ3v) is 4.08. The molecule has 0 N–H and O–H groups in total. The third-order valence-electron chi connectivity index (χ3n) is 4.08. The highest BCUT2D eigenvalue weighted by Crippen LogP contribution is 2.26. The SMILES string of the molecule is Cc1oc2ncn(C)c(=O)c2c1C(=O)ON1C(=O)c2ccccc2C1=O. The van der Waals surface area contributed by atoms with Crippen molar-refractivity contribution in [1.82, 2.24) is 14.6 Å². The lowest BCUT2D eigenvalue weighted by Crippen LogP contribution is -2.33. The van der Waals surface area contributed by atoms with Crippen LogP contribution >= 0.6 is 0 Å². The van der Waals surface area contributed by atoms with Crippen molar-refractivity contribution >= 4 is 28.9 Å². The highest BCUT2D eigenvalue weighted by molar-refractivity contribution is 6.21. The highest BCUT2D eigenvalue weighted by atomic mass is 16.7. The van der Waals surface area contributed by atoms with Gasteiger partial charge in [0.05, 0.1) is 11.1 Å². The number of hydroxylamine groups is 2. The first kappa shape index (κ1) is 15.8. The lowest BCUT2D eigenvalue weighted by atomic mass is 10.1. The molecule has 0 saturated carbocycles. The van der Waals surface area contributed by atoms with Gasteiger partial charge in [0.25, 0.3) is 17.4 Å². The number of carbonyl (C=O) groups is 3. The van der Waals surface area contributed by atoms with Crippen molar-refractivity contribution < 1.29 is 23.6 Å². The molecule has 0 bridgehead atoms. The zero-order chi connectivity index (χ0) is 18.6. The van der Waals surface area contributed by atoms with Crippen molar-refractivity contribution in [2.45, 2.75) is 6.92 Å². The van der Waals surface area contributed by atoms with Crippen molar-refractivity contribution in [1.29, 1.82) is 0 Å². The predicted octanol–water partition coefficient (Wildman–Crippen LogP) is 1.20. The third kappa shape index (κ3) is 2.07. The first-order chi connectivity index (χ1) is 12.4. The molecule has 26 heavy (non-hydrogen) atoms. The number of amides is 2. The standard InChI is InChI=1S/C17H11N3O6/c1-8-11(12-13(25-8)18-7-19(2)16(12)23)17(24)26-20-14(21)9-5-3-4-6-10(9)15(20)22/h3-7H,1-2H3. The van der Waals surface area contributed by atoms with E-state index in [1.54, 1.807) is 12.1 Å². The highest BCUT2D eigenvalue weighted by Gasteiger charge is 2.39. The smallest absolute Gasteiger partial charge is 0.368 e. The maximum Gasteiger partial charge on any atom is 0.368 e. The largest absolute Gasteiger partial charge is 0.442 e. The minimum Gasteiger partial charge on any atom is -0.442 e. The predicted molar refractivity (Wildman–Crippen MR) is 86.3 cm³/mol. The molecule has 0 unspecified atom stereocenters. The number of furan rings is 1. The van der Waals surface area contributed by atoms with E-state index in [1.807, 2.05) is 0 Å². The molecule has 3 aromatic rings. The van der Waals surface area contributed by atoms with E-state index >= 15 is 0 Å². The van der Waals surface area contributed by atoms with Crippen molar-refractivity contribution in [2.24, 2.45) is 7.05 Å². The molecule has 0 saturated heterocycles. The van der Waals surface area contributed by atoms with E-state index in [9.17, 15) is 19.2 Å². The van der Waals surface area contributed by atoms with Crippen LogP contribution in [0, 0.1) is 6.92 Å². The minimum absolute atomic E-state index is 0.0279. The number of rotatable bonds is 2. The lowest BCUT2D eigenvalue weighted by Gasteiger charge is -2.12. The maximum atomic E-state index is 12.6. The number of aromatic nitrogens is 2. The van der Waals surface area contributed by atoms with Gasteiger partial charge in [-0.1, -0.05) is 17.2 Å². The normalized spacial score (nSPS) is 13.4. The van der Waals surface area contributed by atoms with Gasteiger partial charge in [-0.3, -0.25) is 14.4 Å². The molecule has 1 aliphatic rings. The first-order valence-electron chi connectivity index (χ1n) is 7.55.